The Morgan fingerprint density at radius 1 is 1.13 bits per heavy atom. The highest BCUT2D eigenvalue weighted by atomic mass is 79.9. The second-order valence-electron chi connectivity index (χ2n) is 4.17. The highest BCUT2D eigenvalue weighted by Crippen LogP contribution is 2.27. The lowest BCUT2D eigenvalue weighted by Gasteiger charge is -2.19. The lowest BCUT2D eigenvalue weighted by Crippen LogP contribution is -2.18. The van der Waals surface area contributed by atoms with Crippen molar-refractivity contribution in [3.05, 3.63) is 32.7 Å². The molecule has 0 aliphatic carbocycles. The molecule has 0 aromatic heterocycles. The summed E-state index contributed by atoms with van der Waals surface area (Å²) in [7, 11) is 2.02. The van der Waals surface area contributed by atoms with Crippen molar-refractivity contribution >= 4 is 31.9 Å². The Bertz CT molecular complexity index is 303. The zero-order valence-electron chi connectivity index (χ0n) is 9.35. The number of benzene rings is 1. The summed E-state index contributed by atoms with van der Waals surface area (Å²) in [4.78, 5) is 0. The Labute approximate surface area is 109 Å². The zero-order valence-corrected chi connectivity index (χ0v) is 12.5. The van der Waals surface area contributed by atoms with Crippen LogP contribution in [0.1, 0.15) is 31.9 Å². The first kappa shape index (κ1) is 13.2. The fourth-order valence-electron chi connectivity index (χ4n) is 1.67. The molecule has 0 aliphatic rings. The van der Waals surface area contributed by atoms with E-state index in [1.165, 1.54) is 5.56 Å². The van der Waals surface area contributed by atoms with Crippen LogP contribution in [-0.4, -0.2) is 7.05 Å². The van der Waals surface area contributed by atoms with E-state index in [2.05, 4.69) is 69.2 Å². The van der Waals surface area contributed by atoms with E-state index in [4.69, 9.17) is 0 Å². The van der Waals surface area contributed by atoms with E-state index in [1.807, 2.05) is 7.05 Å². The van der Waals surface area contributed by atoms with Crippen molar-refractivity contribution in [2.45, 2.75) is 26.3 Å². The molecule has 0 fully saturated rings. The summed E-state index contributed by atoms with van der Waals surface area (Å²) in [5.41, 5.74) is 1.33. The first-order valence-corrected chi connectivity index (χ1v) is 6.74. The summed E-state index contributed by atoms with van der Waals surface area (Å²) in [6, 6.07) is 6.84. The van der Waals surface area contributed by atoms with Crippen molar-refractivity contribution in [3.8, 4) is 0 Å². The van der Waals surface area contributed by atoms with Gasteiger partial charge in [0.25, 0.3) is 0 Å². The summed E-state index contributed by atoms with van der Waals surface area (Å²) in [6.45, 7) is 4.49. The predicted molar refractivity (Wildman–Crippen MR) is 73.1 cm³/mol. The van der Waals surface area contributed by atoms with Gasteiger partial charge in [0, 0.05) is 15.0 Å². The average molecular weight is 335 g/mol. The van der Waals surface area contributed by atoms with Crippen molar-refractivity contribution in [1.29, 1.82) is 0 Å². The van der Waals surface area contributed by atoms with Gasteiger partial charge < -0.3 is 5.32 Å². The Morgan fingerprint density at radius 3 is 2.07 bits per heavy atom. The molecule has 1 N–H and O–H groups in total. The van der Waals surface area contributed by atoms with Crippen LogP contribution in [0.4, 0.5) is 0 Å². The van der Waals surface area contributed by atoms with Crippen LogP contribution >= 0.6 is 31.9 Å². The Kier molecular flexibility index (Phi) is 5.30. The third-order valence-electron chi connectivity index (χ3n) is 2.34. The van der Waals surface area contributed by atoms with E-state index in [0.29, 0.717) is 12.0 Å². The molecule has 0 bridgehead atoms. The maximum atomic E-state index is 3.52. The zero-order chi connectivity index (χ0) is 11.4. The molecule has 1 aromatic rings. The van der Waals surface area contributed by atoms with Crippen LogP contribution in [-0.2, 0) is 0 Å². The minimum atomic E-state index is 0.429. The summed E-state index contributed by atoms with van der Waals surface area (Å²) >= 11 is 7.04. The highest BCUT2D eigenvalue weighted by molar-refractivity contribution is 9.11. The maximum Gasteiger partial charge on any atom is 0.0320 e. The van der Waals surface area contributed by atoms with E-state index in [1.54, 1.807) is 0 Å². The fourth-order valence-corrected chi connectivity index (χ4v) is 3.00. The van der Waals surface area contributed by atoms with Gasteiger partial charge in [-0.2, -0.15) is 0 Å². The number of hydrogen-bond acceptors (Lipinski definition) is 1. The number of halogens is 2. The molecule has 0 spiro atoms. The molecule has 1 atom stereocenters. The van der Waals surface area contributed by atoms with Gasteiger partial charge in [-0.15, -0.1) is 0 Å². The molecule has 0 heterocycles. The average Bonchev–Trinajstić information content (AvgIpc) is 2.12. The summed E-state index contributed by atoms with van der Waals surface area (Å²) in [6.07, 6.45) is 1.15. The van der Waals surface area contributed by atoms with Crippen molar-refractivity contribution in [2.24, 2.45) is 5.92 Å². The van der Waals surface area contributed by atoms with Gasteiger partial charge in [-0.25, -0.2) is 0 Å². The van der Waals surface area contributed by atoms with Gasteiger partial charge in [0.2, 0.25) is 0 Å². The van der Waals surface area contributed by atoms with Crippen molar-refractivity contribution in [1.82, 2.24) is 5.32 Å². The normalized spacial score (nSPS) is 13.2. The Hall–Kier alpha value is 0.140. The molecule has 1 unspecified atom stereocenters. The van der Waals surface area contributed by atoms with E-state index < -0.39 is 0 Å². The summed E-state index contributed by atoms with van der Waals surface area (Å²) < 4.78 is 2.24. The molecular weight excluding hydrogens is 318 g/mol. The minimum absolute atomic E-state index is 0.429. The third-order valence-corrected chi connectivity index (χ3v) is 3.26. The predicted octanol–water partition coefficient (Wildman–Crippen LogP) is 4.52. The van der Waals surface area contributed by atoms with Crippen LogP contribution in [0.3, 0.4) is 0 Å². The van der Waals surface area contributed by atoms with E-state index in [0.717, 1.165) is 15.4 Å². The molecule has 0 saturated heterocycles. The number of nitrogens with one attached hydrogen (secondary N) is 1. The van der Waals surface area contributed by atoms with Gasteiger partial charge >= 0.3 is 0 Å². The largest absolute Gasteiger partial charge is 0.313 e. The standard InChI is InChI=1S/C12H17Br2N/c1-8(2)4-12(15-3)9-5-10(13)7-11(14)6-9/h5-8,12,15H,4H2,1-3H3. The Balaban J connectivity index is 2.91. The van der Waals surface area contributed by atoms with Crippen LogP contribution in [0.5, 0.6) is 0 Å². The lowest BCUT2D eigenvalue weighted by atomic mass is 9.97. The van der Waals surface area contributed by atoms with E-state index >= 15 is 0 Å². The molecule has 0 aliphatic heterocycles. The molecule has 0 amide bonds. The van der Waals surface area contributed by atoms with Gasteiger partial charge in [0.1, 0.15) is 0 Å². The molecule has 1 rings (SSSR count). The molecule has 0 radical (unpaired) electrons. The van der Waals surface area contributed by atoms with E-state index in [-0.39, 0.29) is 0 Å². The molecule has 84 valence electrons. The van der Waals surface area contributed by atoms with Gasteiger partial charge in [-0.1, -0.05) is 45.7 Å². The van der Waals surface area contributed by atoms with E-state index in [9.17, 15) is 0 Å². The number of hydrogen-bond donors (Lipinski definition) is 1. The fraction of sp³-hybridized carbons (Fsp3) is 0.500. The molecule has 15 heavy (non-hydrogen) atoms. The SMILES string of the molecule is CNC(CC(C)C)c1cc(Br)cc(Br)c1. The molecule has 0 saturated carbocycles. The monoisotopic (exact) mass is 333 g/mol. The molecular formula is C12H17Br2N. The van der Waals surface area contributed by atoms with Gasteiger partial charge in [0.05, 0.1) is 0 Å². The van der Waals surface area contributed by atoms with Gasteiger partial charge in [-0.05, 0) is 43.1 Å². The van der Waals surface area contributed by atoms with Crippen LogP contribution in [0.15, 0.2) is 27.1 Å². The van der Waals surface area contributed by atoms with Crippen molar-refractivity contribution in [2.75, 3.05) is 7.05 Å². The minimum Gasteiger partial charge on any atom is -0.313 e. The lowest BCUT2D eigenvalue weighted by molar-refractivity contribution is 0.456. The van der Waals surface area contributed by atoms with Crippen LogP contribution in [0.2, 0.25) is 0 Å². The summed E-state index contributed by atoms with van der Waals surface area (Å²) in [5.74, 6) is 0.695. The smallest absolute Gasteiger partial charge is 0.0320 e. The molecule has 1 nitrogen and oxygen atoms in total. The highest BCUT2D eigenvalue weighted by Gasteiger charge is 2.12. The second kappa shape index (κ2) is 6.02. The maximum absolute atomic E-state index is 3.52. The van der Waals surface area contributed by atoms with Crippen molar-refractivity contribution in [3.63, 3.8) is 0 Å². The molecule has 3 heteroatoms. The van der Waals surface area contributed by atoms with Gasteiger partial charge in [0.15, 0.2) is 0 Å². The summed E-state index contributed by atoms with van der Waals surface area (Å²) in [5, 5.41) is 3.36. The Morgan fingerprint density at radius 2 is 1.67 bits per heavy atom. The first-order chi connectivity index (χ1) is 7.02. The second-order valence-corrected chi connectivity index (χ2v) is 6.00. The van der Waals surface area contributed by atoms with Crippen LogP contribution < -0.4 is 5.32 Å². The van der Waals surface area contributed by atoms with Crippen LogP contribution in [0.25, 0.3) is 0 Å². The van der Waals surface area contributed by atoms with Gasteiger partial charge in [-0.3, -0.25) is 0 Å². The molecule has 1 aromatic carbocycles. The first-order valence-electron chi connectivity index (χ1n) is 5.16. The van der Waals surface area contributed by atoms with Crippen LogP contribution in [0, 0.1) is 5.92 Å². The van der Waals surface area contributed by atoms with Crippen molar-refractivity contribution < 1.29 is 0 Å². The number of rotatable bonds is 4. The topological polar surface area (TPSA) is 12.0 Å². The quantitative estimate of drug-likeness (QED) is 0.853. The third kappa shape index (κ3) is 4.25.